The third-order valence-corrected chi connectivity index (χ3v) is 3.55. The summed E-state index contributed by atoms with van der Waals surface area (Å²) in [6.45, 7) is 3.99. The quantitative estimate of drug-likeness (QED) is 0.737. The van der Waals surface area contributed by atoms with Crippen molar-refractivity contribution in [2.24, 2.45) is 0 Å². The zero-order valence-electron chi connectivity index (χ0n) is 10.7. The number of ether oxygens (including phenoxy) is 2. The van der Waals surface area contributed by atoms with Crippen molar-refractivity contribution in [1.29, 1.82) is 0 Å². The van der Waals surface area contributed by atoms with Gasteiger partial charge in [-0.2, -0.15) is 0 Å². The summed E-state index contributed by atoms with van der Waals surface area (Å²) < 4.78 is 10.9. The lowest BCUT2D eigenvalue weighted by molar-refractivity contribution is 0.120. The highest BCUT2D eigenvalue weighted by atomic mass is 35.5. The molecule has 2 rings (SSSR count). The van der Waals surface area contributed by atoms with Gasteiger partial charge in [-0.25, -0.2) is 0 Å². The molecule has 2 aromatic carbocycles. The first-order valence-electron chi connectivity index (χ1n) is 5.84. The van der Waals surface area contributed by atoms with Crippen molar-refractivity contribution < 1.29 is 9.47 Å². The van der Waals surface area contributed by atoms with Crippen molar-refractivity contribution >= 4 is 23.2 Å². The second kappa shape index (κ2) is 6.18. The predicted octanol–water partition coefficient (Wildman–Crippen LogP) is 5.03. The van der Waals surface area contributed by atoms with Crippen molar-refractivity contribution in [1.82, 2.24) is 0 Å². The van der Waals surface area contributed by atoms with E-state index in [4.69, 9.17) is 32.7 Å². The van der Waals surface area contributed by atoms with Gasteiger partial charge in [0, 0.05) is 10.0 Å². The number of hydrogen-bond acceptors (Lipinski definition) is 2. The van der Waals surface area contributed by atoms with E-state index in [-0.39, 0.29) is 6.79 Å². The van der Waals surface area contributed by atoms with Crippen LogP contribution < -0.4 is 9.47 Å². The summed E-state index contributed by atoms with van der Waals surface area (Å²) in [6, 6.07) is 11.0. The van der Waals surface area contributed by atoms with Crippen LogP contribution in [0.3, 0.4) is 0 Å². The van der Waals surface area contributed by atoms with E-state index in [0.29, 0.717) is 21.5 Å². The van der Waals surface area contributed by atoms with E-state index in [1.807, 2.05) is 38.1 Å². The van der Waals surface area contributed by atoms with Gasteiger partial charge in [0.25, 0.3) is 0 Å². The molecule has 0 heterocycles. The Labute approximate surface area is 122 Å². The molecule has 100 valence electrons. The molecule has 0 radical (unpaired) electrons. The van der Waals surface area contributed by atoms with Gasteiger partial charge in [-0.05, 0) is 49.2 Å². The summed E-state index contributed by atoms with van der Waals surface area (Å²) in [4.78, 5) is 0. The van der Waals surface area contributed by atoms with Gasteiger partial charge in [-0.1, -0.05) is 35.3 Å². The molecule has 0 bridgehead atoms. The topological polar surface area (TPSA) is 18.5 Å². The molecule has 2 aromatic rings. The fourth-order valence-electron chi connectivity index (χ4n) is 1.49. The van der Waals surface area contributed by atoms with E-state index < -0.39 is 0 Å². The minimum absolute atomic E-state index is 0.110. The maximum Gasteiger partial charge on any atom is 0.230 e. The van der Waals surface area contributed by atoms with Crippen molar-refractivity contribution in [2.75, 3.05) is 6.79 Å². The number of aryl methyl sites for hydroxylation is 2. The highest BCUT2D eigenvalue weighted by Crippen LogP contribution is 2.23. The van der Waals surface area contributed by atoms with Crippen LogP contribution in [-0.2, 0) is 0 Å². The van der Waals surface area contributed by atoms with E-state index in [9.17, 15) is 0 Å². The van der Waals surface area contributed by atoms with Crippen LogP contribution in [0.4, 0.5) is 0 Å². The lowest BCUT2D eigenvalue weighted by atomic mass is 10.2. The lowest BCUT2D eigenvalue weighted by Gasteiger charge is -2.10. The number of rotatable bonds is 4. The van der Waals surface area contributed by atoms with E-state index in [1.54, 1.807) is 12.1 Å². The smallest absolute Gasteiger partial charge is 0.230 e. The minimum atomic E-state index is 0.110. The summed E-state index contributed by atoms with van der Waals surface area (Å²) in [5, 5.41) is 1.35. The van der Waals surface area contributed by atoms with Crippen LogP contribution in [-0.4, -0.2) is 6.79 Å². The third-order valence-electron chi connectivity index (χ3n) is 2.74. The van der Waals surface area contributed by atoms with Crippen LogP contribution in [0.2, 0.25) is 10.0 Å². The molecule has 0 saturated carbocycles. The van der Waals surface area contributed by atoms with Crippen molar-refractivity contribution in [2.45, 2.75) is 13.8 Å². The molecular formula is C15H14Cl2O2. The first kappa shape index (κ1) is 14.0. The zero-order chi connectivity index (χ0) is 13.8. The highest BCUT2D eigenvalue weighted by molar-refractivity contribution is 6.31. The first-order chi connectivity index (χ1) is 9.06. The van der Waals surface area contributed by atoms with Crippen molar-refractivity contribution in [3.05, 3.63) is 57.6 Å². The molecular weight excluding hydrogens is 283 g/mol. The van der Waals surface area contributed by atoms with Gasteiger partial charge in [0.05, 0.1) is 0 Å². The monoisotopic (exact) mass is 296 g/mol. The maximum atomic E-state index is 6.01. The molecule has 0 unspecified atom stereocenters. The molecule has 0 aromatic heterocycles. The first-order valence-corrected chi connectivity index (χ1v) is 6.60. The number of hydrogen-bond donors (Lipinski definition) is 0. The van der Waals surface area contributed by atoms with Gasteiger partial charge in [-0.3, -0.25) is 0 Å². The second-order valence-electron chi connectivity index (χ2n) is 4.23. The number of benzene rings is 2. The molecule has 4 heteroatoms. The Bertz CT molecular complexity index is 531. The van der Waals surface area contributed by atoms with E-state index in [1.165, 1.54) is 0 Å². The molecule has 0 saturated heterocycles. The molecule has 0 spiro atoms. The van der Waals surface area contributed by atoms with E-state index in [0.717, 1.165) is 11.1 Å². The standard InChI is InChI=1S/C15H14Cl2O2/c1-10-3-5-12(7-14(10)16)18-9-19-13-6-4-11(2)15(17)8-13/h3-8H,9H2,1-2H3. The van der Waals surface area contributed by atoms with Crippen molar-refractivity contribution in [3.63, 3.8) is 0 Å². The van der Waals surface area contributed by atoms with Gasteiger partial charge in [0.2, 0.25) is 6.79 Å². The molecule has 0 fully saturated rings. The van der Waals surface area contributed by atoms with Gasteiger partial charge in [0.15, 0.2) is 0 Å². The van der Waals surface area contributed by atoms with Crippen LogP contribution in [0.15, 0.2) is 36.4 Å². The van der Waals surface area contributed by atoms with Crippen LogP contribution in [0.1, 0.15) is 11.1 Å². The molecule has 0 aliphatic carbocycles. The Morgan fingerprint density at radius 3 is 1.58 bits per heavy atom. The molecule has 0 amide bonds. The molecule has 2 nitrogen and oxygen atoms in total. The highest BCUT2D eigenvalue weighted by Gasteiger charge is 2.01. The van der Waals surface area contributed by atoms with Crippen LogP contribution in [0.5, 0.6) is 11.5 Å². The summed E-state index contributed by atoms with van der Waals surface area (Å²) >= 11 is 12.0. The Morgan fingerprint density at radius 2 is 1.21 bits per heavy atom. The summed E-state index contributed by atoms with van der Waals surface area (Å²) in [5.74, 6) is 1.35. The SMILES string of the molecule is Cc1ccc(OCOc2ccc(C)c(Cl)c2)cc1Cl. The largest absolute Gasteiger partial charge is 0.457 e. The minimum Gasteiger partial charge on any atom is -0.457 e. The fraction of sp³-hybridized carbons (Fsp3) is 0.200. The van der Waals surface area contributed by atoms with Crippen molar-refractivity contribution in [3.8, 4) is 11.5 Å². The second-order valence-corrected chi connectivity index (χ2v) is 5.04. The van der Waals surface area contributed by atoms with Crippen LogP contribution >= 0.6 is 23.2 Å². The van der Waals surface area contributed by atoms with Gasteiger partial charge < -0.3 is 9.47 Å². The zero-order valence-corrected chi connectivity index (χ0v) is 12.3. The third kappa shape index (κ3) is 3.79. The Morgan fingerprint density at radius 1 is 0.789 bits per heavy atom. The molecule has 0 aliphatic rings. The Balaban J connectivity index is 1.92. The molecule has 19 heavy (non-hydrogen) atoms. The van der Waals surface area contributed by atoms with Crippen LogP contribution in [0.25, 0.3) is 0 Å². The van der Waals surface area contributed by atoms with Gasteiger partial charge >= 0.3 is 0 Å². The van der Waals surface area contributed by atoms with E-state index >= 15 is 0 Å². The Hall–Kier alpha value is -1.38. The van der Waals surface area contributed by atoms with Gasteiger partial charge in [-0.15, -0.1) is 0 Å². The summed E-state index contributed by atoms with van der Waals surface area (Å²) in [7, 11) is 0. The fourth-order valence-corrected chi connectivity index (χ4v) is 1.83. The Kier molecular flexibility index (Phi) is 4.56. The molecule has 0 N–H and O–H groups in total. The number of halogens is 2. The van der Waals surface area contributed by atoms with Gasteiger partial charge in [0.1, 0.15) is 11.5 Å². The van der Waals surface area contributed by atoms with Crippen LogP contribution in [0, 0.1) is 13.8 Å². The maximum absolute atomic E-state index is 6.01. The molecule has 0 aliphatic heterocycles. The average Bonchev–Trinajstić information content (AvgIpc) is 2.38. The summed E-state index contributed by atoms with van der Waals surface area (Å²) in [5.41, 5.74) is 2.03. The summed E-state index contributed by atoms with van der Waals surface area (Å²) in [6.07, 6.45) is 0. The average molecular weight is 297 g/mol. The normalized spacial score (nSPS) is 10.3. The lowest BCUT2D eigenvalue weighted by Crippen LogP contribution is -2.05. The molecule has 0 atom stereocenters. The predicted molar refractivity (Wildman–Crippen MR) is 78.5 cm³/mol. The van der Waals surface area contributed by atoms with E-state index in [2.05, 4.69) is 0 Å².